The van der Waals surface area contributed by atoms with Gasteiger partial charge < -0.3 is 9.53 Å². The van der Waals surface area contributed by atoms with Crippen LogP contribution in [-0.4, -0.2) is 19.0 Å². The van der Waals surface area contributed by atoms with Gasteiger partial charge in [0.25, 0.3) is 0 Å². The summed E-state index contributed by atoms with van der Waals surface area (Å²) in [6.45, 7) is 6.42. The molecule has 1 fully saturated rings. The van der Waals surface area contributed by atoms with Gasteiger partial charge in [-0.2, -0.15) is 0 Å². The van der Waals surface area contributed by atoms with Crippen LogP contribution in [-0.2, 0) is 9.53 Å². The van der Waals surface area contributed by atoms with E-state index >= 15 is 0 Å². The van der Waals surface area contributed by atoms with Gasteiger partial charge >= 0.3 is 0 Å². The Kier molecular flexibility index (Phi) is 2.83. The van der Waals surface area contributed by atoms with E-state index in [1.807, 2.05) is 13.0 Å². The molecule has 2 heteroatoms. The lowest BCUT2D eigenvalue weighted by molar-refractivity contribution is -0.113. The van der Waals surface area contributed by atoms with Gasteiger partial charge in [-0.15, -0.1) is 6.58 Å². The Bertz CT molecular complexity index is 154. The normalized spacial score (nSPS) is 33.2. The van der Waals surface area contributed by atoms with Gasteiger partial charge in [0.15, 0.2) is 0 Å². The molecule has 1 aliphatic rings. The van der Waals surface area contributed by atoms with E-state index in [2.05, 4.69) is 6.58 Å². The molecular weight excluding hydrogens is 140 g/mol. The highest BCUT2D eigenvalue weighted by molar-refractivity contribution is 5.55. The van der Waals surface area contributed by atoms with E-state index < -0.39 is 0 Å². The number of ether oxygens (including phenoxy) is 1. The molecule has 0 amide bonds. The van der Waals surface area contributed by atoms with Crippen LogP contribution in [0.4, 0.5) is 0 Å². The zero-order valence-electron chi connectivity index (χ0n) is 6.82. The molecule has 1 heterocycles. The second kappa shape index (κ2) is 3.67. The third-order valence-electron chi connectivity index (χ3n) is 2.25. The largest absolute Gasteiger partial charge is 0.377 e. The Hall–Kier alpha value is -0.630. The summed E-state index contributed by atoms with van der Waals surface area (Å²) >= 11 is 0. The Morgan fingerprint density at radius 1 is 1.73 bits per heavy atom. The van der Waals surface area contributed by atoms with Crippen molar-refractivity contribution in [2.24, 2.45) is 11.8 Å². The van der Waals surface area contributed by atoms with Crippen LogP contribution in [0.2, 0.25) is 0 Å². The van der Waals surface area contributed by atoms with E-state index in [1.165, 1.54) is 0 Å². The number of aldehydes is 1. The third-order valence-corrected chi connectivity index (χ3v) is 2.25. The molecule has 0 aromatic rings. The number of hydrogen-bond donors (Lipinski definition) is 0. The Balaban J connectivity index is 2.55. The van der Waals surface area contributed by atoms with Gasteiger partial charge in [-0.05, 0) is 6.42 Å². The molecule has 3 atom stereocenters. The molecule has 11 heavy (non-hydrogen) atoms. The molecule has 1 saturated heterocycles. The highest BCUT2D eigenvalue weighted by Gasteiger charge is 2.30. The zero-order chi connectivity index (χ0) is 8.27. The Morgan fingerprint density at radius 3 is 3.00 bits per heavy atom. The van der Waals surface area contributed by atoms with Crippen LogP contribution in [0.5, 0.6) is 0 Å². The lowest BCUT2D eigenvalue weighted by Crippen LogP contribution is -2.23. The molecule has 0 saturated carbocycles. The zero-order valence-corrected chi connectivity index (χ0v) is 6.82. The van der Waals surface area contributed by atoms with Crippen molar-refractivity contribution in [2.75, 3.05) is 6.61 Å². The van der Waals surface area contributed by atoms with Crippen molar-refractivity contribution >= 4 is 6.29 Å². The first kappa shape index (κ1) is 8.47. The minimum absolute atomic E-state index is 0.0741. The van der Waals surface area contributed by atoms with Crippen molar-refractivity contribution in [2.45, 2.75) is 19.4 Å². The van der Waals surface area contributed by atoms with Gasteiger partial charge in [-0.1, -0.05) is 13.0 Å². The van der Waals surface area contributed by atoms with Crippen LogP contribution in [0.1, 0.15) is 13.3 Å². The molecule has 2 nitrogen and oxygen atoms in total. The summed E-state index contributed by atoms with van der Waals surface area (Å²) in [6.07, 6.45) is 3.78. The molecular formula is C9H14O2. The average Bonchev–Trinajstić information content (AvgIpc) is 2.50. The molecule has 0 aromatic heterocycles. The van der Waals surface area contributed by atoms with Crippen molar-refractivity contribution < 1.29 is 9.53 Å². The number of carbonyl (C=O) groups excluding carboxylic acids is 1. The fraction of sp³-hybridized carbons (Fsp3) is 0.667. The van der Waals surface area contributed by atoms with E-state index in [0.717, 1.165) is 12.7 Å². The smallest absolute Gasteiger partial charge is 0.125 e. The minimum Gasteiger partial charge on any atom is -0.377 e. The molecule has 1 aliphatic heterocycles. The number of hydrogen-bond acceptors (Lipinski definition) is 2. The Labute approximate surface area is 67.2 Å². The summed E-state index contributed by atoms with van der Waals surface area (Å²) in [5.74, 6) is 0.371. The predicted octanol–water partition coefficient (Wildman–Crippen LogP) is 1.41. The molecule has 0 spiro atoms. The molecule has 1 rings (SSSR count). The fourth-order valence-electron chi connectivity index (χ4n) is 1.45. The fourth-order valence-corrected chi connectivity index (χ4v) is 1.45. The first-order valence-electron chi connectivity index (χ1n) is 3.99. The van der Waals surface area contributed by atoms with Crippen molar-refractivity contribution in [3.05, 3.63) is 12.7 Å². The summed E-state index contributed by atoms with van der Waals surface area (Å²) < 4.78 is 5.41. The standard InChI is InChI=1S/C9H14O2/c1-3-7(2)9-8(6-10)4-5-11-9/h3,6-9H,1,4-5H2,2H3/t7?,8-,9-/m0/s1. The monoisotopic (exact) mass is 154 g/mol. The number of rotatable bonds is 3. The topological polar surface area (TPSA) is 26.3 Å². The third kappa shape index (κ3) is 1.69. The molecule has 0 N–H and O–H groups in total. The SMILES string of the molecule is C=CC(C)[C@@H]1OCC[C@H]1C=O. The van der Waals surface area contributed by atoms with E-state index in [1.54, 1.807) is 0 Å². The van der Waals surface area contributed by atoms with Crippen molar-refractivity contribution in [1.82, 2.24) is 0 Å². The molecule has 0 radical (unpaired) electrons. The lowest BCUT2D eigenvalue weighted by atomic mass is 9.93. The van der Waals surface area contributed by atoms with E-state index in [4.69, 9.17) is 4.74 Å². The van der Waals surface area contributed by atoms with Gasteiger partial charge in [0.2, 0.25) is 0 Å². The van der Waals surface area contributed by atoms with Gasteiger partial charge in [0, 0.05) is 18.4 Å². The van der Waals surface area contributed by atoms with Gasteiger partial charge in [0.1, 0.15) is 6.29 Å². The molecule has 1 unspecified atom stereocenters. The second-order valence-corrected chi connectivity index (χ2v) is 3.02. The molecule has 0 aromatic carbocycles. The summed E-state index contributed by atoms with van der Waals surface area (Å²) in [4.78, 5) is 10.5. The van der Waals surface area contributed by atoms with Crippen LogP contribution < -0.4 is 0 Å². The van der Waals surface area contributed by atoms with E-state index in [0.29, 0.717) is 6.61 Å². The maximum absolute atomic E-state index is 10.5. The average molecular weight is 154 g/mol. The highest BCUT2D eigenvalue weighted by Crippen LogP contribution is 2.25. The lowest BCUT2D eigenvalue weighted by Gasteiger charge is -2.17. The summed E-state index contributed by atoms with van der Waals surface area (Å²) in [6, 6.07) is 0. The number of carbonyl (C=O) groups is 1. The van der Waals surface area contributed by atoms with Crippen LogP contribution >= 0.6 is 0 Å². The molecule has 62 valence electrons. The maximum Gasteiger partial charge on any atom is 0.125 e. The maximum atomic E-state index is 10.5. The first-order valence-corrected chi connectivity index (χ1v) is 3.99. The van der Waals surface area contributed by atoms with Crippen LogP contribution in [0.25, 0.3) is 0 Å². The summed E-state index contributed by atoms with van der Waals surface area (Å²) in [7, 11) is 0. The van der Waals surface area contributed by atoms with Crippen molar-refractivity contribution in [3.63, 3.8) is 0 Å². The van der Waals surface area contributed by atoms with Crippen LogP contribution in [0.15, 0.2) is 12.7 Å². The first-order chi connectivity index (χ1) is 5.29. The van der Waals surface area contributed by atoms with Gasteiger partial charge in [-0.25, -0.2) is 0 Å². The van der Waals surface area contributed by atoms with Crippen LogP contribution in [0, 0.1) is 11.8 Å². The Morgan fingerprint density at radius 2 is 2.45 bits per heavy atom. The highest BCUT2D eigenvalue weighted by atomic mass is 16.5. The van der Waals surface area contributed by atoms with E-state index in [-0.39, 0.29) is 17.9 Å². The molecule has 0 bridgehead atoms. The summed E-state index contributed by atoms with van der Waals surface area (Å²) in [5.41, 5.74) is 0. The second-order valence-electron chi connectivity index (χ2n) is 3.02. The van der Waals surface area contributed by atoms with Crippen molar-refractivity contribution in [1.29, 1.82) is 0 Å². The quantitative estimate of drug-likeness (QED) is 0.454. The molecule has 0 aliphatic carbocycles. The van der Waals surface area contributed by atoms with Gasteiger partial charge in [0.05, 0.1) is 6.10 Å². The summed E-state index contributed by atoms with van der Waals surface area (Å²) in [5, 5.41) is 0. The van der Waals surface area contributed by atoms with Crippen LogP contribution in [0.3, 0.4) is 0 Å². The minimum atomic E-state index is 0.0741. The van der Waals surface area contributed by atoms with E-state index in [9.17, 15) is 4.79 Å². The van der Waals surface area contributed by atoms with Gasteiger partial charge in [-0.3, -0.25) is 0 Å². The predicted molar refractivity (Wildman–Crippen MR) is 43.3 cm³/mol. The van der Waals surface area contributed by atoms with Crippen molar-refractivity contribution in [3.8, 4) is 0 Å².